The molecule has 5 nitrogen and oxygen atoms in total. The lowest BCUT2D eigenvalue weighted by Crippen LogP contribution is -2.43. The van der Waals surface area contributed by atoms with Crippen molar-refractivity contribution in [3.63, 3.8) is 0 Å². The van der Waals surface area contributed by atoms with Gasteiger partial charge in [0.2, 0.25) is 0 Å². The van der Waals surface area contributed by atoms with Gasteiger partial charge in [0.1, 0.15) is 12.2 Å². The Morgan fingerprint density at radius 2 is 2.20 bits per heavy atom. The van der Waals surface area contributed by atoms with Crippen LogP contribution >= 0.6 is 0 Å². The molecule has 0 aromatic rings. The van der Waals surface area contributed by atoms with Gasteiger partial charge in [0.25, 0.3) is 0 Å². The Kier molecular flexibility index (Phi) is 4.40. The molecule has 25 heavy (non-hydrogen) atoms. The molecule has 0 aromatic carbocycles. The molecule has 5 unspecified atom stereocenters. The fourth-order valence-corrected chi connectivity index (χ4v) is 4.23. The molecule has 5 heteroatoms. The van der Waals surface area contributed by atoms with Gasteiger partial charge in [-0.1, -0.05) is 38.2 Å². The van der Waals surface area contributed by atoms with Crippen LogP contribution in [0.3, 0.4) is 0 Å². The van der Waals surface area contributed by atoms with Crippen LogP contribution in [0.25, 0.3) is 0 Å². The molecule has 1 aliphatic heterocycles. The lowest BCUT2D eigenvalue weighted by atomic mass is 9.78. The summed E-state index contributed by atoms with van der Waals surface area (Å²) < 4.78 is 11.3. The number of carbonyl (C=O) groups is 2. The van der Waals surface area contributed by atoms with Gasteiger partial charge in [0.05, 0.1) is 17.4 Å². The van der Waals surface area contributed by atoms with E-state index in [0.717, 1.165) is 11.1 Å². The molecule has 3 aliphatic rings. The number of esters is 2. The van der Waals surface area contributed by atoms with Crippen LogP contribution in [0.1, 0.15) is 40.5 Å². The molecule has 0 radical (unpaired) electrons. The average molecular weight is 346 g/mol. The highest BCUT2D eigenvalue weighted by molar-refractivity contribution is 5.91. The van der Waals surface area contributed by atoms with E-state index < -0.39 is 29.7 Å². The predicted octanol–water partition coefficient (Wildman–Crippen LogP) is 2.70. The third-order valence-electron chi connectivity index (χ3n) is 5.41. The van der Waals surface area contributed by atoms with Gasteiger partial charge in [-0.05, 0) is 25.3 Å². The Bertz CT molecular complexity index is 682. The zero-order valence-electron chi connectivity index (χ0n) is 15.2. The van der Waals surface area contributed by atoms with Crippen LogP contribution in [-0.2, 0) is 19.1 Å². The molecule has 1 fully saturated rings. The molecule has 136 valence electrons. The summed E-state index contributed by atoms with van der Waals surface area (Å²) in [6.07, 6.45) is 3.39. The first-order valence-corrected chi connectivity index (χ1v) is 8.82. The highest BCUT2D eigenvalue weighted by atomic mass is 16.6. The van der Waals surface area contributed by atoms with Gasteiger partial charge in [-0.25, -0.2) is 4.79 Å². The molecule has 1 heterocycles. The molecule has 2 aliphatic carbocycles. The zero-order valence-corrected chi connectivity index (χ0v) is 15.2. The molecular formula is C20H26O5. The summed E-state index contributed by atoms with van der Waals surface area (Å²) in [5, 5.41) is 10.8. The Hall–Kier alpha value is -1.88. The van der Waals surface area contributed by atoms with E-state index in [1.54, 1.807) is 13.0 Å². The third kappa shape index (κ3) is 3.06. The van der Waals surface area contributed by atoms with Gasteiger partial charge in [-0.15, -0.1) is 0 Å². The van der Waals surface area contributed by atoms with Gasteiger partial charge in [-0.3, -0.25) is 4.79 Å². The number of ether oxygens (including phenoxy) is 2. The van der Waals surface area contributed by atoms with E-state index in [1.807, 2.05) is 26.8 Å². The Morgan fingerprint density at radius 1 is 1.52 bits per heavy atom. The van der Waals surface area contributed by atoms with Crippen molar-refractivity contribution in [1.29, 1.82) is 0 Å². The van der Waals surface area contributed by atoms with Gasteiger partial charge in [-0.2, -0.15) is 0 Å². The van der Waals surface area contributed by atoms with Crippen LogP contribution in [0.5, 0.6) is 0 Å². The van der Waals surface area contributed by atoms with Crippen LogP contribution in [0.4, 0.5) is 0 Å². The summed E-state index contributed by atoms with van der Waals surface area (Å²) >= 11 is 0. The molecule has 1 saturated heterocycles. The Morgan fingerprint density at radius 3 is 2.84 bits per heavy atom. The molecule has 5 atom stereocenters. The smallest absolute Gasteiger partial charge is 0.334 e. The highest BCUT2D eigenvalue weighted by Crippen LogP contribution is 2.50. The summed E-state index contributed by atoms with van der Waals surface area (Å²) in [4.78, 5) is 24.4. The Labute approximate surface area is 148 Å². The number of hydrogen-bond acceptors (Lipinski definition) is 5. The molecule has 0 amide bonds. The minimum absolute atomic E-state index is 0.196. The molecule has 0 saturated carbocycles. The van der Waals surface area contributed by atoms with Crippen molar-refractivity contribution in [3.05, 3.63) is 35.5 Å². The summed E-state index contributed by atoms with van der Waals surface area (Å²) in [6, 6.07) is 0. The van der Waals surface area contributed by atoms with Crippen molar-refractivity contribution in [2.75, 3.05) is 0 Å². The first-order chi connectivity index (χ1) is 11.6. The second kappa shape index (κ2) is 6.13. The molecule has 3 rings (SSSR count). The number of rotatable bonds is 3. The third-order valence-corrected chi connectivity index (χ3v) is 5.41. The number of allylic oxidation sites excluding steroid dienone is 1. The van der Waals surface area contributed by atoms with Crippen molar-refractivity contribution in [3.8, 4) is 0 Å². The van der Waals surface area contributed by atoms with E-state index in [0.29, 0.717) is 18.4 Å². The van der Waals surface area contributed by atoms with Crippen LogP contribution < -0.4 is 0 Å². The van der Waals surface area contributed by atoms with Gasteiger partial charge < -0.3 is 14.6 Å². The lowest BCUT2D eigenvalue weighted by molar-refractivity contribution is -0.154. The van der Waals surface area contributed by atoms with Crippen LogP contribution in [0, 0.1) is 17.8 Å². The topological polar surface area (TPSA) is 72.8 Å². The quantitative estimate of drug-likeness (QED) is 0.628. The number of aliphatic hydroxyl groups is 1. The molecule has 0 bridgehead atoms. The van der Waals surface area contributed by atoms with Crippen LogP contribution in [0.15, 0.2) is 35.5 Å². The van der Waals surface area contributed by atoms with Gasteiger partial charge >= 0.3 is 11.9 Å². The second-order valence-corrected chi connectivity index (χ2v) is 8.02. The fraction of sp³-hybridized carbons (Fsp3) is 0.600. The van der Waals surface area contributed by atoms with E-state index >= 15 is 0 Å². The Balaban J connectivity index is 1.97. The SMILES string of the molecule is C=C1C(=O)OC2C1C(OC(=O)CC(C)C)CC(C)=C1C=CC(C)(O)C12. The largest absolute Gasteiger partial charge is 0.461 e. The fourth-order valence-electron chi connectivity index (χ4n) is 4.23. The van der Waals surface area contributed by atoms with E-state index in [-0.39, 0.29) is 17.8 Å². The minimum atomic E-state index is -1.11. The first kappa shape index (κ1) is 17.9. The molecule has 0 spiro atoms. The van der Waals surface area contributed by atoms with Crippen molar-refractivity contribution < 1.29 is 24.2 Å². The van der Waals surface area contributed by atoms with E-state index in [2.05, 4.69) is 6.58 Å². The maximum Gasteiger partial charge on any atom is 0.334 e. The number of hydrogen-bond donors (Lipinski definition) is 1. The number of carbonyl (C=O) groups excluding carboxylic acids is 2. The van der Waals surface area contributed by atoms with Crippen molar-refractivity contribution in [1.82, 2.24) is 0 Å². The normalized spacial score (nSPS) is 37.0. The molecular weight excluding hydrogens is 320 g/mol. The highest BCUT2D eigenvalue weighted by Gasteiger charge is 2.56. The van der Waals surface area contributed by atoms with E-state index in [1.165, 1.54) is 0 Å². The summed E-state index contributed by atoms with van der Waals surface area (Å²) in [5.74, 6) is -1.36. The summed E-state index contributed by atoms with van der Waals surface area (Å²) in [6.45, 7) is 11.5. The standard InChI is InChI=1S/C20H26O5/c1-10(2)8-15(21)24-14-9-11(3)13-6-7-20(5,23)17(13)18-16(14)12(4)19(22)25-18/h6-7,10,14,16-18,23H,4,8-9H2,1-3,5H3. The molecule has 0 aromatic heterocycles. The van der Waals surface area contributed by atoms with Crippen molar-refractivity contribution in [2.24, 2.45) is 17.8 Å². The summed E-state index contributed by atoms with van der Waals surface area (Å²) in [7, 11) is 0. The predicted molar refractivity (Wildman–Crippen MR) is 92.4 cm³/mol. The second-order valence-electron chi connectivity index (χ2n) is 8.02. The monoisotopic (exact) mass is 346 g/mol. The zero-order chi connectivity index (χ0) is 18.5. The van der Waals surface area contributed by atoms with Crippen molar-refractivity contribution in [2.45, 2.75) is 58.3 Å². The summed E-state index contributed by atoms with van der Waals surface area (Å²) in [5.41, 5.74) is 1.22. The van der Waals surface area contributed by atoms with E-state index in [4.69, 9.17) is 9.47 Å². The maximum atomic E-state index is 12.2. The maximum absolute atomic E-state index is 12.2. The minimum Gasteiger partial charge on any atom is -0.461 e. The molecule has 1 N–H and O–H groups in total. The van der Waals surface area contributed by atoms with Crippen LogP contribution in [-0.4, -0.2) is 34.9 Å². The lowest BCUT2D eigenvalue weighted by Gasteiger charge is -2.33. The van der Waals surface area contributed by atoms with E-state index in [9.17, 15) is 14.7 Å². The number of fused-ring (bicyclic) bond motifs is 3. The van der Waals surface area contributed by atoms with Crippen LogP contribution in [0.2, 0.25) is 0 Å². The average Bonchev–Trinajstić information content (AvgIpc) is 2.89. The van der Waals surface area contributed by atoms with Crippen molar-refractivity contribution >= 4 is 11.9 Å². The van der Waals surface area contributed by atoms with Gasteiger partial charge in [0.15, 0.2) is 0 Å². The van der Waals surface area contributed by atoms with Gasteiger partial charge in [0, 0.05) is 18.4 Å². The first-order valence-electron chi connectivity index (χ1n) is 8.82.